The Morgan fingerprint density at radius 3 is 2.60 bits per heavy atom. The molecule has 0 saturated carbocycles. The van der Waals surface area contributed by atoms with Crippen molar-refractivity contribution in [3.05, 3.63) is 64.9 Å². The number of carbonyl (C=O) groups is 1. The van der Waals surface area contributed by atoms with Gasteiger partial charge in [0.1, 0.15) is 5.82 Å². The summed E-state index contributed by atoms with van der Waals surface area (Å²) >= 11 is 5.65. The van der Waals surface area contributed by atoms with Crippen molar-refractivity contribution < 1.29 is 9.18 Å². The van der Waals surface area contributed by atoms with Crippen molar-refractivity contribution in [3.63, 3.8) is 0 Å². The van der Waals surface area contributed by atoms with E-state index in [2.05, 4.69) is 5.32 Å². The van der Waals surface area contributed by atoms with Crippen molar-refractivity contribution in [3.8, 4) is 0 Å². The minimum absolute atomic E-state index is 0.0323. The summed E-state index contributed by atoms with van der Waals surface area (Å²) in [5.41, 5.74) is 7.29. The highest BCUT2D eigenvalue weighted by molar-refractivity contribution is 6.31. The van der Waals surface area contributed by atoms with Crippen LogP contribution in [0.4, 0.5) is 10.1 Å². The normalized spacial score (nSPS) is 11.9. The Hall–Kier alpha value is -1.91. The van der Waals surface area contributed by atoms with Crippen LogP contribution in [0.1, 0.15) is 18.0 Å². The summed E-state index contributed by atoms with van der Waals surface area (Å²) in [5.74, 6) is -0.769. The zero-order valence-electron chi connectivity index (χ0n) is 10.6. The molecule has 0 saturated heterocycles. The van der Waals surface area contributed by atoms with Gasteiger partial charge in [0.15, 0.2) is 0 Å². The predicted octanol–water partition coefficient (Wildman–Crippen LogP) is 3.51. The average molecular weight is 293 g/mol. The summed E-state index contributed by atoms with van der Waals surface area (Å²) in [6.45, 7) is 0. The second kappa shape index (κ2) is 6.50. The molecule has 5 heteroatoms. The van der Waals surface area contributed by atoms with Gasteiger partial charge in [0.2, 0.25) is 5.91 Å². The second-order valence-corrected chi connectivity index (χ2v) is 4.81. The molecule has 0 heterocycles. The van der Waals surface area contributed by atoms with Gasteiger partial charge in [0.05, 0.1) is 5.02 Å². The largest absolute Gasteiger partial charge is 0.326 e. The van der Waals surface area contributed by atoms with Crippen LogP contribution < -0.4 is 11.1 Å². The third-order valence-corrected chi connectivity index (χ3v) is 3.13. The molecule has 0 radical (unpaired) electrons. The highest BCUT2D eigenvalue weighted by Gasteiger charge is 2.12. The van der Waals surface area contributed by atoms with Gasteiger partial charge in [-0.1, -0.05) is 41.9 Å². The summed E-state index contributed by atoms with van der Waals surface area (Å²) in [6.07, 6.45) is 0.138. The lowest BCUT2D eigenvalue weighted by atomic mass is 10.0. The smallest absolute Gasteiger partial charge is 0.226 e. The molecule has 0 aliphatic rings. The van der Waals surface area contributed by atoms with Crippen LogP contribution in [0.3, 0.4) is 0 Å². The summed E-state index contributed by atoms with van der Waals surface area (Å²) in [7, 11) is 0. The van der Waals surface area contributed by atoms with Gasteiger partial charge >= 0.3 is 0 Å². The molecule has 0 aliphatic heterocycles. The Balaban J connectivity index is 1.97. The molecule has 0 fully saturated rings. The fourth-order valence-corrected chi connectivity index (χ4v) is 1.98. The minimum Gasteiger partial charge on any atom is -0.326 e. The number of halogens is 2. The van der Waals surface area contributed by atoms with Crippen molar-refractivity contribution in [2.24, 2.45) is 5.73 Å². The van der Waals surface area contributed by atoms with Crippen LogP contribution in [0.2, 0.25) is 5.02 Å². The zero-order valence-corrected chi connectivity index (χ0v) is 11.4. The van der Waals surface area contributed by atoms with Crippen LogP contribution in [0, 0.1) is 5.82 Å². The second-order valence-electron chi connectivity index (χ2n) is 4.40. The first-order valence-corrected chi connectivity index (χ1v) is 6.49. The Kier molecular flexibility index (Phi) is 4.71. The Morgan fingerprint density at radius 1 is 1.25 bits per heavy atom. The molecular weight excluding hydrogens is 279 g/mol. The summed E-state index contributed by atoms with van der Waals surface area (Å²) in [6, 6.07) is 13.0. The highest BCUT2D eigenvalue weighted by atomic mass is 35.5. The Labute approximate surface area is 121 Å². The van der Waals surface area contributed by atoms with Crippen LogP contribution in [0.5, 0.6) is 0 Å². The molecule has 2 rings (SSSR count). The summed E-state index contributed by atoms with van der Waals surface area (Å²) < 4.78 is 13.0. The van der Waals surface area contributed by atoms with E-state index in [0.29, 0.717) is 5.69 Å². The van der Waals surface area contributed by atoms with E-state index >= 15 is 0 Å². The van der Waals surface area contributed by atoms with E-state index in [-0.39, 0.29) is 23.4 Å². The number of rotatable bonds is 4. The van der Waals surface area contributed by atoms with Gasteiger partial charge in [-0.15, -0.1) is 0 Å². The van der Waals surface area contributed by atoms with Crippen LogP contribution in [-0.2, 0) is 4.79 Å². The number of hydrogen-bond acceptors (Lipinski definition) is 2. The number of amides is 1. The average Bonchev–Trinajstić information content (AvgIpc) is 2.44. The molecule has 0 bridgehead atoms. The van der Waals surface area contributed by atoms with E-state index in [1.165, 1.54) is 18.2 Å². The molecule has 0 spiro atoms. The van der Waals surface area contributed by atoms with Crippen molar-refractivity contribution in [2.45, 2.75) is 12.5 Å². The van der Waals surface area contributed by atoms with Gasteiger partial charge in [0.25, 0.3) is 0 Å². The molecule has 3 nitrogen and oxygen atoms in total. The molecule has 20 heavy (non-hydrogen) atoms. The number of carbonyl (C=O) groups excluding carboxylic acids is 1. The van der Waals surface area contributed by atoms with Gasteiger partial charge in [0, 0.05) is 18.2 Å². The van der Waals surface area contributed by atoms with Gasteiger partial charge < -0.3 is 11.1 Å². The zero-order chi connectivity index (χ0) is 14.5. The molecule has 0 aromatic heterocycles. The fraction of sp³-hybridized carbons (Fsp3) is 0.133. The molecule has 0 aliphatic carbocycles. The maximum atomic E-state index is 13.0. The third kappa shape index (κ3) is 3.79. The van der Waals surface area contributed by atoms with Crippen molar-refractivity contribution in [2.75, 3.05) is 5.32 Å². The molecule has 1 amide bonds. The molecule has 2 aromatic rings. The van der Waals surface area contributed by atoms with Crippen molar-refractivity contribution in [1.82, 2.24) is 0 Å². The molecule has 1 atom stereocenters. The standard InChI is InChI=1S/C15H14ClFN2O/c16-12-8-11(6-7-13(12)17)19-15(20)9-14(18)10-4-2-1-3-5-10/h1-8,14H,9,18H2,(H,19,20). The first-order valence-electron chi connectivity index (χ1n) is 6.11. The Morgan fingerprint density at radius 2 is 1.95 bits per heavy atom. The molecule has 1 unspecified atom stereocenters. The van der Waals surface area contributed by atoms with E-state index in [0.717, 1.165) is 5.56 Å². The number of anilines is 1. The Bertz CT molecular complexity index is 604. The molecular formula is C15H14ClFN2O. The first-order chi connectivity index (χ1) is 9.56. The van der Waals surface area contributed by atoms with Gasteiger partial charge in [-0.2, -0.15) is 0 Å². The van der Waals surface area contributed by atoms with E-state index in [9.17, 15) is 9.18 Å². The quantitative estimate of drug-likeness (QED) is 0.906. The lowest BCUT2D eigenvalue weighted by Crippen LogP contribution is -2.20. The number of nitrogens with one attached hydrogen (secondary N) is 1. The summed E-state index contributed by atoms with van der Waals surface area (Å²) in [5, 5.41) is 2.61. The minimum atomic E-state index is -0.523. The van der Waals surface area contributed by atoms with Crippen LogP contribution >= 0.6 is 11.6 Å². The van der Waals surface area contributed by atoms with Crippen LogP contribution in [0.25, 0.3) is 0 Å². The highest BCUT2D eigenvalue weighted by Crippen LogP contribution is 2.20. The lowest BCUT2D eigenvalue weighted by Gasteiger charge is -2.12. The van der Waals surface area contributed by atoms with Gasteiger partial charge in [-0.3, -0.25) is 4.79 Å². The van der Waals surface area contributed by atoms with Crippen molar-refractivity contribution in [1.29, 1.82) is 0 Å². The van der Waals surface area contributed by atoms with E-state index in [1.807, 2.05) is 30.3 Å². The van der Waals surface area contributed by atoms with Crippen molar-refractivity contribution >= 4 is 23.2 Å². The van der Waals surface area contributed by atoms with E-state index in [1.54, 1.807) is 0 Å². The predicted molar refractivity (Wildman–Crippen MR) is 78.0 cm³/mol. The number of hydrogen-bond donors (Lipinski definition) is 2. The molecule has 104 valence electrons. The first kappa shape index (κ1) is 14.5. The third-order valence-electron chi connectivity index (χ3n) is 2.84. The van der Waals surface area contributed by atoms with Gasteiger partial charge in [-0.05, 0) is 23.8 Å². The lowest BCUT2D eigenvalue weighted by molar-refractivity contribution is -0.116. The SMILES string of the molecule is NC(CC(=O)Nc1ccc(F)c(Cl)c1)c1ccccc1. The number of benzene rings is 2. The van der Waals surface area contributed by atoms with E-state index in [4.69, 9.17) is 17.3 Å². The summed E-state index contributed by atoms with van der Waals surface area (Å²) in [4.78, 5) is 11.9. The number of nitrogens with two attached hydrogens (primary N) is 1. The fourth-order valence-electron chi connectivity index (χ4n) is 1.80. The maximum absolute atomic E-state index is 13.0. The van der Waals surface area contributed by atoms with Gasteiger partial charge in [-0.25, -0.2) is 4.39 Å². The van der Waals surface area contributed by atoms with Crippen LogP contribution in [0.15, 0.2) is 48.5 Å². The van der Waals surface area contributed by atoms with Crippen LogP contribution in [-0.4, -0.2) is 5.91 Å². The molecule has 3 N–H and O–H groups in total. The topological polar surface area (TPSA) is 55.1 Å². The van der Waals surface area contributed by atoms with E-state index < -0.39 is 5.82 Å². The molecule has 2 aromatic carbocycles. The monoisotopic (exact) mass is 292 g/mol. The maximum Gasteiger partial charge on any atom is 0.226 e.